The quantitative estimate of drug-likeness (QED) is 0.793. The lowest BCUT2D eigenvalue weighted by molar-refractivity contribution is -0.141. The number of pyridine rings is 1. The molecule has 27 heavy (non-hydrogen) atoms. The summed E-state index contributed by atoms with van der Waals surface area (Å²) in [5.41, 5.74) is -0.778. The number of rotatable bonds is 3. The summed E-state index contributed by atoms with van der Waals surface area (Å²) in [5.74, 6) is -3.31. The number of primary sulfonamides is 1. The van der Waals surface area contributed by atoms with Crippen LogP contribution >= 0.6 is 0 Å². The molecule has 0 aliphatic heterocycles. The summed E-state index contributed by atoms with van der Waals surface area (Å²) in [6.07, 6.45) is -2.52. The lowest BCUT2D eigenvalue weighted by atomic mass is 9.96. The molecular formula is C17H11F5N2O2S. The van der Waals surface area contributed by atoms with Crippen LogP contribution in [0, 0.1) is 0 Å². The molecule has 0 atom stereocenters. The van der Waals surface area contributed by atoms with Gasteiger partial charge in [-0.15, -0.1) is 0 Å². The van der Waals surface area contributed by atoms with E-state index < -0.39 is 27.8 Å². The number of alkyl halides is 5. The van der Waals surface area contributed by atoms with Gasteiger partial charge in [0.25, 0.3) is 5.92 Å². The zero-order valence-corrected chi connectivity index (χ0v) is 14.2. The van der Waals surface area contributed by atoms with Crippen LogP contribution in [0.15, 0.2) is 59.6 Å². The van der Waals surface area contributed by atoms with Gasteiger partial charge in [0.05, 0.1) is 4.90 Å². The Morgan fingerprint density at radius 1 is 0.889 bits per heavy atom. The van der Waals surface area contributed by atoms with Crippen LogP contribution in [0.5, 0.6) is 0 Å². The van der Waals surface area contributed by atoms with E-state index in [9.17, 15) is 30.4 Å². The highest BCUT2D eigenvalue weighted by Crippen LogP contribution is 2.42. The van der Waals surface area contributed by atoms with E-state index in [1.807, 2.05) is 0 Å². The maximum atomic E-state index is 13.9. The third-order valence-corrected chi connectivity index (χ3v) is 4.75. The topological polar surface area (TPSA) is 73.1 Å². The zero-order valence-electron chi connectivity index (χ0n) is 13.3. The molecule has 1 heterocycles. The fourth-order valence-electron chi connectivity index (χ4n) is 2.60. The molecule has 0 spiro atoms. The summed E-state index contributed by atoms with van der Waals surface area (Å²) in [5, 5.41) is 5.00. The van der Waals surface area contributed by atoms with E-state index in [0.717, 1.165) is 24.4 Å². The first kappa shape index (κ1) is 19.2. The first-order valence-electron chi connectivity index (χ1n) is 7.38. The zero-order chi connectivity index (χ0) is 20.0. The minimum Gasteiger partial charge on any atom is -0.251 e. The smallest absolute Gasteiger partial charge is 0.251 e. The van der Waals surface area contributed by atoms with E-state index >= 15 is 0 Å². The third kappa shape index (κ3) is 4.06. The highest BCUT2D eigenvalue weighted by Gasteiger charge is 2.35. The Morgan fingerprint density at radius 2 is 1.41 bits per heavy atom. The van der Waals surface area contributed by atoms with Crippen LogP contribution in [0.3, 0.4) is 0 Å². The number of hydrogen-bond acceptors (Lipinski definition) is 3. The number of nitrogens with zero attached hydrogens (tertiary/aromatic N) is 1. The van der Waals surface area contributed by atoms with Gasteiger partial charge in [0.15, 0.2) is 0 Å². The molecule has 10 heteroatoms. The fourth-order valence-corrected chi connectivity index (χ4v) is 3.12. The molecule has 0 bridgehead atoms. The number of hydrogen-bond donors (Lipinski definition) is 1. The summed E-state index contributed by atoms with van der Waals surface area (Å²) in [4.78, 5) is 3.09. The number of halogens is 5. The van der Waals surface area contributed by atoms with Crippen LogP contribution in [0.4, 0.5) is 22.0 Å². The van der Waals surface area contributed by atoms with Crippen molar-refractivity contribution in [2.24, 2.45) is 5.14 Å². The summed E-state index contributed by atoms with van der Waals surface area (Å²) in [6.45, 7) is 0. The van der Waals surface area contributed by atoms with Crippen molar-refractivity contribution in [1.29, 1.82) is 0 Å². The maximum Gasteiger partial charge on any atom is 0.433 e. The summed E-state index contributed by atoms with van der Waals surface area (Å²) >= 11 is 0. The minimum absolute atomic E-state index is 0.00965. The lowest BCUT2D eigenvalue weighted by Crippen LogP contribution is -2.11. The average molecular weight is 402 g/mol. The van der Waals surface area contributed by atoms with Crippen LogP contribution in [0.2, 0.25) is 0 Å². The number of nitrogens with two attached hydrogens (primary N) is 1. The molecule has 0 saturated heterocycles. The number of benzene rings is 1. The Bertz CT molecular complexity index is 1040. The summed E-state index contributed by atoms with van der Waals surface area (Å²) in [6, 6.07) is 6.65. The Balaban J connectivity index is 2.01. The largest absolute Gasteiger partial charge is 0.433 e. The van der Waals surface area contributed by atoms with Gasteiger partial charge in [0, 0.05) is 11.8 Å². The summed E-state index contributed by atoms with van der Waals surface area (Å²) in [7, 11) is -3.95. The Hall–Kier alpha value is -2.59. The van der Waals surface area contributed by atoms with E-state index in [2.05, 4.69) is 4.98 Å². The van der Waals surface area contributed by atoms with Gasteiger partial charge in [-0.2, -0.15) is 22.0 Å². The van der Waals surface area contributed by atoms with Gasteiger partial charge in [0.2, 0.25) is 10.0 Å². The van der Waals surface area contributed by atoms with Gasteiger partial charge in [-0.25, -0.2) is 13.6 Å². The van der Waals surface area contributed by atoms with Crippen molar-refractivity contribution < 1.29 is 30.4 Å². The fraction of sp³-hybridized carbons (Fsp3) is 0.118. The van der Waals surface area contributed by atoms with Crippen LogP contribution in [-0.4, -0.2) is 19.3 Å². The molecule has 2 N–H and O–H groups in total. The number of aromatic nitrogens is 1. The standard InChI is InChI=1S/C17H11F5N2O2S/c18-16(19)7-13(10-1-4-12(5-2-10)27(23,25)26)14(8-16)11-3-6-15(24-9-11)17(20,21)22/h1-9H,(H2,23,25,26). The molecule has 1 aliphatic carbocycles. The van der Waals surface area contributed by atoms with E-state index in [1.54, 1.807) is 0 Å². The van der Waals surface area contributed by atoms with Gasteiger partial charge in [-0.3, -0.25) is 4.98 Å². The molecular weight excluding hydrogens is 391 g/mol. The van der Waals surface area contributed by atoms with Crippen molar-refractivity contribution in [3.63, 3.8) is 0 Å². The second kappa shape index (κ2) is 6.24. The third-order valence-electron chi connectivity index (χ3n) is 3.82. The van der Waals surface area contributed by atoms with Crippen molar-refractivity contribution in [1.82, 2.24) is 4.98 Å². The van der Waals surface area contributed by atoms with Crippen LogP contribution < -0.4 is 5.14 Å². The second-order valence-electron chi connectivity index (χ2n) is 5.79. The van der Waals surface area contributed by atoms with Gasteiger partial charge in [0.1, 0.15) is 5.69 Å². The van der Waals surface area contributed by atoms with Crippen molar-refractivity contribution in [3.05, 3.63) is 71.6 Å². The average Bonchev–Trinajstić information content (AvgIpc) is 2.89. The summed E-state index contributed by atoms with van der Waals surface area (Å²) < 4.78 is 88.2. The van der Waals surface area contributed by atoms with Crippen LogP contribution in [0.25, 0.3) is 11.1 Å². The van der Waals surface area contributed by atoms with Crippen molar-refractivity contribution in [3.8, 4) is 0 Å². The maximum absolute atomic E-state index is 13.9. The van der Waals surface area contributed by atoms with E-state index in [-0.39, 0.29) is 27.2 Å². The van der Waals surface area contributed by atoms with Crippen molar-refractivity contribution >= 4 is 21.2 Å². The molecule has 2 aromatic rings. The monoisotopic (exact) mass is 402 g/mol. The van der Waals surface area contributed by atoms with Crippen LogP contribution in [-0.2, 0) is 16.2 Å². The highest BCUT2D eigenvalue weighted by molar-refractivity contribution is 7.89. The van der Waals surface area contributed by atoms with Crippen molar-refractivity contribution in [2.45, 2.75) is 17.0 Å². The SMILES string of the molecule is NS(=O)(=O)c1ccc(C2=CC(F)(F)C=C2c2ccc(C(F)(F)F)nc2)cc1. The molecule has 0 saturated carbocycles. The second-order valence-corrected chi connectivity index (χ2v) is 7.35. The predicted octanol–water partition coefficient (Wildman–Crippen LogP) is 3.86. The van der Waals surface area contributed by atoms with Gasteiger partial charge < -0.3 is 0 Å². The van der Waals surface area contributed by atoms with Gasteiger partial charge >= 0.3 is 6.18 Å². The normalized spacial score (nSPS) is 16.8. The van der Waals surface area contributed by atoms with E-state index in [1.165, 1.54) is 12.1 Å². The van der Waals surface area contributed by atoms with E-state index in [4.69, 9.17) is 5.14 Å². The molecule has 1 aromatic carbocycles. The predicted molar refractivity (Wildman–Crippen MR) is 88.0 cm³/mol. The molecule has 0 amide bonds. The number of sulfonamides is 1. The lowest BCUT2D eigenvalue weighted by Gasteiger charge is -2.11. The first-order chi connectivity index (χ1) is 12.4. The number of allylic oxidation sites excluding steroid dienone is 4. The van der Waals surface area contributed by atoms with Crippen molar-refractivity contribution in [2.75, 3.05) is 0 Å². The molecule has 142 valence electrons. The molecule has 1 aliphatic rings. The molecule has 4 nitrogen and oxygen atoms in total. The van der Waals surface area contributed by atoms with Gasteiger partial charge in [-0.1, -0.05) is 18.2 Å². The van der Waals surface area contributed by atoms with Gasteiger partial charge in [-0.05, 0) is 47.1 Å². The van der Waals surface area contributed by atoms with E-state index in [0.29, 0.717) is 18.2 Å². The Kier molecular flexibility index (Phi) is 4.43. The van der Waals surface area contributed by atoms with Crippen LogP contribution in [0.1, 0.15) is 16.8 Å². The molecule has 0 unspecified atom stereocenters. The Labute approximate surface area is 150 Å². The molecule has 0 radical (unpaired) electrons. The molecule has 0 fully saturated rings. The minimum atomic E-state index is -4.64. The molecule has 3 rings (SSSR count). The highest BCUT2D eigenvalue weighted by atomic mass is 32.2. The Morgan fingerprint density at radius 3 is 1.85 bits per heavy atom. The first-order valence-corrected chi connectivity index (χ1v) is 8.92. The molecule has 1 aromatic heterocycles.